The first kappa shape index (κ1) is 18.6. The number of alkyl halides is 1. The average Bonchev–Trinajstić information content (AvgIpc) is 2.64. The Morgan fingerprint density at radius 3 is 2.38 bits per heavy atom. The molecule has 0 heterocycles. The summed E-state index contributed by atoms with van der Waals surface area (Å²) < 4.78 is 5.19. The molecule has 0 fully saturated rings. The van der Waals surface area contributed by atoms with E-state index >= 15 is 0 Å². The van der Waals surface area contributed by atoms with Gasteiger partial charge in [0.25, 0.3) is 0 Å². The molecule has 1 amide bonds. The molecule has 2 atom stereocenters. The van der Waals surface area contributed by atoms with E-state index in [1.165, 1.54) is 11.8 Å². The molecule has 24 heavy (non-hydrogen) atoms. The van der Waals surface area contributed by atoms with Gasteiger partial charge in [-0.15, -0.1) is 23.4 Å². The van der Waals surface area contributed by atoms with Crippen LogP contribution in [-0.2, 0) is 11.3 Å². The van der Waals surface area contributed by atoms with Crippen molar-refractivity contribution >= 4 is 29.5 Å². The number of hydrogen-bond acceptors (Lipinski definition) is 4. The van der Waals surface area contributed by atoms with Crippen LogP contribution in [0.5, 0.6) is 0 Å². The van der Waals surface area contributed by atoms with Gasteiger partial charge in [-0.25, -0.2) is 4.79 Å². The van der Waals surface area contributed by atoms with Crippen LogP contribution in [0.1, 0.15) is 5.56 Å². The van der Waals surface area contributed by atoms with Gasteiger partial charge in [-0.2, -0.15) is 0 Å². The molecule has 2 N–H and O–H groups in total. The highest BCUT2D eigenvalue weighted by Crippen LogP contribution is 2.19. The topological polar surface area (TPSA) is 58.6 Å². The molecule has 0 bridgehead atoms. The van der Waals surface area contributed by atoms with Gasteiger partial charge in [-0.1, -0.05) is 48.5 Å². The summed E-state index contributed by atoms with van der Waals surface area (Å²) in [5.74, 6) is 0.539. The van der Waals surface area contributed by atoms with Gasteiger partial charge in [0.1, 0.15) is 6.61 Å². The lowest BCUT2D eigenvalue weighted by Crippen LogP contribution is -2.46. The molecule has 2 rings (SSSR count). The zero-order valence-electron chi connectivity index (χ0n) is 13.1. The van der Waals surface area contributed by atoms with Crippen LogP contribution in [0.4, 0.5) is 4.79 Å². The first-order valence-electron chi connectivity index (χ1n) is 7.58. The second-order valence-electron chi connectivity index (χ2n) is 5.16. The molecule has 2 aromatic rings. The Morgan fingerprint density at radius 2 is 1.75 bits per heavy atom. The molecule has 128 valence electrons. The van der Waals surface area contributed by atoms with Gasteiger partial charge in [0.15, 0.2) is 0 Å². The normalized spacial score (nSPS) is 13.1. The molecule has 0 aromatic heterocycles. The maximum absolute atomic E-state index is 12.0. The minimum atomic E-state index is -0.841. The smallest absolute Gasteiger partial charge is 0.407 e. The van der Waals surface area contributed by atoms with E-state index in [1.54, 1.807) is 0 Å². The summed E-state index contributed by atoms with van der Waals surface area (Å²) in [5, 5.41) is 12.7. The zero-order chi connectivity index (χ0) is 17.2. The second kappa shape index (κ2) is 10.2. The highest BCUT2D eigenvalue weighted by atomic mass is 35.5. The van der Waals surface area contributed by atoms with Crippen LogP contribution in [0.3, 0.4) is 0 Å². The third-order valence-electron chi connectivity index (χ3n) is 3.31. The SMILES string of the molecule is O=C(N[C@H](CSc1ccccc1)[C@H](O)CCl)OCc1ccccc1. The van der Waals surface area contributed by atoms with Crippen LogP contribution in [0.15, 0.2) is 65.6 Å². The molecule has 0 spiro atoms. The van der Waals surface area contributed by atoms with E-state index < -0.39 is 18.2 Å². The fourth-order valence-corrected chi connectivity index (χ4v) is 3.22. The summed E-state index contributed by atoms with van der Waals surface area (Å²) in [6, 6.07) is 18.7. The number of aliphatic hydroxyl groups is 1. The number of thioether (sulfide) groups is 1. The number of carbonyl (C=O) groups is 1. The van der Waals surface area contributed by atoms with E-state index in [4.69, 9.17) is 16.3 Å². The Balaban J connectivity index is 1.84. The van der Waals surface area contributed by atoms with Crippen LogP contribution < -0.4 is 5.32 Å². The third kappa shape index (κ3) is 6.43. The van der Waals surface area contributed by atoms with Crippen LogP contribution in [0.25, 0.3) is 0 Å². The van der Waals surface area contributed by atoms with Crippen molar-refractivity contribution in [3.05, 3.63) is 66.2 Å². The van der Waals surface area contributed by atoms with Crippen molar-refractivity contribution in [3.8, 4) is 0 Å². The fraction of sp³-hybridized carbons (Fsp3) is 0.278. The van der Waals surface area contributed by atoms with Crippen LogP contribution in [-0.4, -0.2) is 35.0 Å². The lowest BCUT2D eigenvalue weighted by molar-refractivity contribution is 0.115. The number of alkyl carbamates (subject to hydrolysis) is 1. The lowest BCUT2D eigenvalue weighted by atomic mass is 10.2. The summed E-state index contributed by atoms with van der Waals surface area (Å²) >= 11 is 7.27. The Morgan fingerprint density at radius 1 is 1.12 bits per heavy atom. The molecule has 2 aromatic carbocycles. The number of carbonyl (C=O) groups excluding carboxylic acids is 1. The number of aliphatic hydroxyl groups excluding tert-OH is 1. The van der Waals surface area contributed by atoms with E-state index in [9.17, 15) is 9.90 Å². The fourth-order valence-electron chi connectivity index (χ4n) is 1.98. The van der Waals surface area contributed by atoms with Crippen molar-refractivity contribution < 1.29 is 14.6 Å². The number of benzene rings is 2. The summed E-state index contributed by atoms with van der Waals surface area (Å²) in [7, 11) is 0. The first-order chi connectivity index (χ1) is 11.7. The van der Waals surface area contributed by atoms with Gasteiger partial charge in [0.2, 0.25) is 0 Å². The summed E-state index contributed by atoms with van der Waals surface area (Å²) in [6.45, 7) is 0.183. The lowest BCUT2D eigenvalue weighted by Gasteiger charge is -2.22. The largest absolute Gasteiger partial charge is 0.445 e. The maximum atomic E-state index is 12.0. The number of rotatable bonds is 8. The minimum Gasteiger partial charge on any atom is -0.445 e. The molecule has 0 saturated heterocycles. The van der Waals surface area contributed by atoms with Gasteiger partial charge < -0.3 is 15.2 Å². The van der Waals surface area contributed by atoms with Crippen LogP contribution >= 0.6 is 23.4 Å². The van der Waals surface area contributed by atoms with Crippen molar-refractivity contribution in [1.82, 2.24) is 5.32 Å². The van der Waals surface area contributed by atoms with Gasteiger partial charge in [-0.3, -0.25) is 0 Å². The molecule has 6 heteroatoms. The van der Waals surface area contributed by atoms with E-state index in [0.717, 1.165) is 10.5 Å². The first-order valence-corrected chi connectivity index (χ1v) is 9.10. The monoisotopic (exact) mass is 365 g/mol. The Bertz CT molecular complexity index is 612. The van der Waals surface area contributed by atoms with Gasteiger partial charge in [0, 0.05) is 10.6 Å². The Labute approximate surface area is 151 Å². The minimum absolute atomic E-state index is 0.0407. The molecular formula is C18H20ClNO3S. The van der Waals surface area contributed by atoms with E-state index in [2.05, 4.69) is 5.32 Å². The Kier molecular flexibility index (Phi) is 7.95. The third-order valence-corrected chi connectivity index (χ3v) is 4.76. The molecular weight excluding hydrogens is 346 g/mol. The van der Waals surface area contributed by atoms with Crippen LogP contribution in [0.2, 0.25) is 0 Å². The zero-order valence-corrected chi connectivity index (χ0v) is 14.7. The highest BCUT2D eigenvalue weighted by molar-refractivity contribution is 7.99. The van der Waals surface area contributed by atoms with Crippen molar-refractivity contribution in [2.75, 3.05) is 11.6 Å². The van der Waals surface area contributed by atoms with Gasteiger partial charge in [-0.05, 0) is 17.7 Å². The molecule has 0 aliphatic rings. The summed E-state index contributed by atoms with van der Waals surface area (Å²) in [5.41, 5.74) is 0.903. The average molecular weight is 366 g/mol. The molecule has 4 nitrogen and oxygen atoms in total. The molecule has 0 radical (unpaired) electrons. The predicted octanol–water partition coefficient (Wildman–Crippen LogP) is 3.67. The van der Waals surface area contributed by atoms with E-state index in [0.29, 0.717) is 5.75 Å². The predicted molar refractivity (Wildman–Crippen MR) is 97.4 cm³/mol. The highest BCUT2D eigenvalue weighted by Gasteiger charge is 2.21. The van der Waals surface area contributed by atoms with Crippen molar-refractivity contribution in [1.29, 1.82) is 0 Å². The second-order valence-corrected chi connectivity index (χ2v) is 6.56. The van der Waals surface area contributed by atoms with E-state index in [-0.39, 0.29) is 12.5 Å². The van der Waals surface area contributed by atoms with Crippen molar-refractivity contribution in [2.24, 2.45) is 0 Å². The molecule has 0 saturated carbocycles. The maximum Gasteiger partial charge on any atom is 0.407 e. The molecule has 0 unspecified atom stereocenters. The quantitative estimate of drug-likeness (QED) is 0.553. The van der Waals surface area contributed by atoms with Gasteiger partial charge in [0.05, 0.1) is 18.0 Å². The van der Waals surface area contributed by atoms with Crippen molar-refractivity contribution in [3.63, 3.8) is 0 Å². The number of hydrogen-bond donors (Lipinski definition) is 2. The van der Waals surface area contributed by atoms with Crippen molar-refractivity contribution in [2.45, 2.75) is 23.6 Å². The number of ether oxygens (including phenoxy) is 1. The van der Waals surface area contributed by atoms with E-state index in [1.807, 2.05) is 60.7 Å². The summed E-state index contributed by atoms with van der Waals surface area (Å²) in [4.78, 5) is 13.0. The van der Waals surface area contributed by atoms with Crippen LogP contribution in [0, 0.1) is 0 Å². The molecule has 0 aliphatic carbocycles. The number of amides is 1. The number of halogens is 1. The standard InChI is InChI=1S/C18H20ClNO3S/c19-11-17(21)16(13-24-15-9-5-2-6-10-15)20-18(22)23-12-14-7-3-1-4-8-14/h1-10,16-17,21H,11-13H2,(H,20,22)/t16-,17-/m1/s1. The molecule has 0 aliphatic heterocycles. The number of nitrogens with one attached hydrogen (secondary N) is 1. The van der Waals surface area contributed by atoms with Gasteiger partial charge >= 0.3 is 6.09 Å². The summed E-state index contributed by atoms with van der Waals surface area (Å²) in [6.07, 6.45) is -1.41. The Hall–Kier alpha value is -1.69.